The number of anilines is 1. The largest absolute Gasteiger partial charge is 0.477 e. The SMILES string of the molecule is CSC1CCC(Nc2ncnc3sc(C(=O)O)c(C)c23)C1. The van der Waals surface area contributed by atoms with Gasteiger partial charge in [0.2, 0.25) is 0 Å². The lowest BCUT2D eigenvalue weighted by atomic mass is 10.2. The Hall–Kier alpha value is -1.34. The summed E-state index contributed by atoms with van der Waals surface area (Å²) >= 11 is 3.13. The Morgan fingerprint density at radius 3 is 2.95 bits per heavy atom. The van der Waals surface area contributed by atoms with Crippen LogP contribution < -0.4 is 5.32 Å². The Morgan fingerprint density at radius 1 is 1.48 bits per heavy atom. The molecule has 0 amide bonds. The first-order valence-electron chi connectivity index (χ1n) is 6.87. The second-order valence-electron chi connectivity index (χ2n) is 5.28. The molecule has 1 saturated carbocycles. The first-order chi connectivity index (χ1) is 10.1. The number of fused-ring (bicyclic) bond motifs is 1. The summed E-state index contributed by atoms with van der Waals surface area (Å²) in [5, 5.41) is 14.3. The first-order valence-corrected chi connectivity index (χ1v) is 8.97. The molecule has 2 heterocycles. The number of nitrogens with zero attached hydrogens (tertiary/aromatic N) is 2. The van der Waals surface area contributed by atoms with E-state index in [-0.39, 0.29) is 0 Å². The fourth-order valence-electron chi connectivity index (χ4n) is 2.86. The summed E-state index contributed by atoms with van der Waals surface area (Å²) in [5.74, 6) is -0.127. The lowest BCUT2D eigenvalue weighted by Crippen LogP contribution is -2.17. The molecule has 2 unspecified atom stereocenters. The van der Waals surface area contributed by atoms with Gasteiger partial charge in [-0.15, -0.1) is 11.3 Å². The Bertz CT molecular complexity index is 686. The van der Waals surface area contributed by atoms with Crippen LogP contribution in [-0.2, 0) is 0 Å². The number of carboxylic acids is 1. The number of carbonyl (C=O) groups is 1. The van der Waals surface area contributed by atoms with Gasteiger partial charge in [0.1, 0.15) is 21.9 Å². The van der Waals surface area contributed by atoms with Crippen molar-refractivity contribution in [2.45, 2.75) is 37.5 Å². The molecule has 0 aliphatic heterocycles. The third-order valence-electron chi connectivity index (χ3n) is 3.98. The van der Waals surface area contributed by atoms with Crippen LogP contribution in [-0.4, -0.2) is 38.6 Å². The fraction of sp³-hybridized carbons (Fsp3) is 0.500. The number of hydrogen-bond acceptors (Lipinski definition) is 6. The number of aryl methyl sites for hydroxylation is 1. The highest BCUT2D eigenvalue weighted by atomic mass is 32.2. The average Bonchev–Trinajstić information content (AvgIpc) is 3.04. The minimum absolute atomic E-state index is 0.349. The Kier molecular flexibility index (Phi) is 4.03. The van der Waals surface area contributed by atoms with Crippen molar-refractivity contribution in [2.75, 3.05) is 11.6 Å². The van der Waals surface area contributed by atoms with Crippen molar-refractivity contribution in [1.29, 1.82) is 0 Å². The lowest BCUT2D eigenvalue weighted by Gasteiger charge is -2.14. The predicted octanol–water partition coefficient (Wildman–Crippen LogP) is 3.39. The summed E-state index contributed by atoms with van der Waals surface area (Å²) in [6.07, 6.45) is 7.13. The van der Waals surface area contributed by atoms with E-state index in [0.29, 0.717) is 16.2 Å². The van der Waals surface area contributed by atoms with Gasteiger partial charge < -0.3 is 10.4 Å². The van der Waals surface area contributed by atoms with Gasteiger partial charge in [-0.2, -0.15) is 11.8 Å². The fourth-order valence-corrected chi connectivity index (χ4v) is 4.65. The highest BCUT2D eigenvalue weighted by Crippen LogP contribution is 2.35. The number of rotatable bonds is 4. The van der Waals surface area contributed by atoms with Crippen molar-refractivity contribution >= 4 is 45.1 Å². The highest BCUT2D eigenvalue weighted by molar-refractivity contribution is 7.99. The Morgan fingerprint density at radius 2 is 2.29 bits per heavy atom. The topological polar surface area (TPSA) is 75.1 Å². The number of thiophene rings is 1. The zero-order chi connectivity index (χ0) is 15.0. The minimum atomic E-state index is -0.898. The molecule has 2 atom stereocenters. The molecule has 0 radical (unpaired) electrons. The third-order valence-corrected chi connectivity index (χ3v) is 6.26. The molecule has 0 bridgehead atoms. The van der Waals surface area contributed by atoms with E-state index in [1.165, 1.54) is 24.1 Å². The molecular formula is C14H17N3O2S2. The molecule has 1 aliphatic rings. The van der Waals surface area contributed by atoms with E-state index in [4.69, 9.17) is 0 Å². The van der Waals surface area contributed by atoms with Gasteiger partial charge in [0.15, 0.2) is 0 Å². The van der Waals surface area contributed by atoms with Gasteiger partial charge in [-0.3, -0.25) is 0 Å². The molecule has 7 heteroatoms. The summed E-state index contributed by atoms with van der Waals surface area (Å²) in [6, 6.07) is 0.410. The van der Waals surface area contributed by atoms with Gasteiger partial charge in [-0.25, -0.2) is 14.8 Å². The zero-order valence-corrected chi connectivity index (χ0v) is 13.6. The summed E-state index contributed by atoms with van der Waals surface area (Å²) in [5.41, 5.74) is 0.755. The number of thioether (sulfide) groups is 1. The number of nitrogens with one attached hydrogen (secondary N) is 1. The Balaban J connectivity index is 1.94. The van der Waals surface area contributed by atoms with Crippen molar-refractivity contribution in [2.24, 2.45) is 0 Å². The van der Waals surface area contributed by atoms with Gasteiger partial charge >= 0.3 is 5.97 Å². The molecule has 2 N–H and O–H groups in total. The van der Waals surface area contributed by atoms with Crippen LogP contribution in [0.1, 0.15) is 34.5 Å². The van der Waals surface area contributed by atoms with Crippen LogP contribution in [0.3, 0.4) is 0 Å². The van der Waals surface area contributed by atoms with Crippen LogP contribution in [0.15, 0.2) is 6.33 Å². The molecule has 0 spiro atoms. The van der Waals surface area contributed by atoms with Crippen molar-refractivity contribution in [3.8, 4) is 0 Å². The van der Waals surface area contributed by atoms with E-state index >= 15 is 0 Å². The maximum atomic E-state index is 11.3. The van der Waals surface area contributed by atoms with E-state index in [1.807, 2.05) is 18.7 Å². The summed E-state index contributed by atoms with van der Waals surface area (Å²) in [7, 11) is 0. The molecule has 112 valence electrons. The van der Waals surface area contributed by atoms with Crippen LogP contribution >= 0.6 is 23.1 Å². The maximum absolute atomic E-state index is 11.3. The van der Waals surface area contributed by atoms with Gasteiger partial charge in [-0.05, 0) is 38.0 Å². The van der Waals surface area contributed by atoms with Crippen molar-refractivity contribution < 1.29 is 9.90 Å². The molecule has 3 rings (SSSR count). The van der Waals surface area contributed by atoms with Crippen LogP contribution in [0.2, 0.25) is 0 Å². The van der Waals surface area contributed by atoms with Crippen molar-refractivity contribution in [3.05, 3.63) is 16.8 Å². The zero-order valence-electron chi connectivity index (χ0n) is 11.9. The molecule has 0 saturated heterocycles. The summed E-state index contributed by atoms with van der Waals surface area (Å²) < 4.78 is 0. The van der Waals surface area contributed by atoms with Crippen LogP contribution in [0.25, 0.3) is 10.2 Å². The standard InChI is InChI=1S/C14H17N3O2S2/c1-7-10-12(17-8-3-4-9(5-8)20-2)15-6-16-13(10)21-11(7)14(18)19/h6,8-9H,3-5H2,1-2H3,(H,18,19)(H,15,16,17). The van der Waals surface area contributed by atoms with E-state index in [9.17, 15) is 9.90 Å². The molecular weight excluding hydrogens is 306 g/mol. The monoisotopic (exact) mass is 323 g/mol. The smallest absolute Gasteiger partial charge is 0.346 e. The lowest BCUT2D eigenvalue weighted by molar-refractivity contribution is 0.0701. The molecule has 1 fully saturated rings. The summed E-state index contributed by atoms with van der Waals surface area (Å²) in [6.45, 7) is 1.83. The second kappa shape index (κ2) is 5.81. The van der Waals surface area contributed by atoms with E-state index in [2.05, 4.69) is 21.5 Å². The van der Waals surface area contributed by atoms with Crippen LogP contribution in [0.4, 0.5) is 5.82 Å². The highest BCUT2D eigenvalue weighted by Gasteiger charge is 2.26. The van der Waals surface area contributed by atoms with E-state index in [0.717, 1.165) is 34.4 Å². The third kappa shape index (κ3) is 2.72. The van der Waals surface area contributed by atoms with Crippen LogP contribution in [0.5, 0.6) is 0 Å². The summed E-state index contributed by atoms with van der Waals surface area (Å²) in [4.78, 5) is 20.9. The number of carboxylic acid groups (broad SMARTS) is 1. The maximum Gasteiger partial charge on any atom is 0.346 e. The molecule has 5 nitrogen and oxygen atoms in total. The van der Waals surface area contributed by atoms with Crippen molar-refractivity contribution in [1.82, 2.24) is 9.97 Å². The molecule has 2 aromatic heterocycles. The van der Waals surface area contributed by atoms with E-state index < -0.39 is 5.97 Å². The normalized spacial score (nSPS) is 21.8. The quantitative estimate of drug-likeness (QED) is 0.898. The Labute approximate surface area is 131 Å². The predicted molar refractivity (Wildman–Crippen MR) is 87.7 cm³/mol. The molecule has 0 aromatic carbocycles. The van der Waals surface area contributed by atoms with Gasteiger partial charge in [-0.1, -0.05) is 0 Å². The molecule has 21 heavy (non-hydrogen) atoms. The van der Waals surface area contributed by atoms with Crippen LogP contribution in [0, 0.1) is 6.92 Å². The van der Waals surface area contributed by atoms with E-state index in [1.54, 1.807) is 0 Å². The van der Waals surface area contributed by atoms with Gasteiger partial charge in [0, 0.05) is 11.3 Å². The minimum Gasteiger partial charge on any atom is -0.477 e. The number of aromatic carboxylic acids is 1. The number of aromatic nitrogens is 2. The van der Waals surface area contributed by atoms with Gasteiger partial charge in [0.05, 0.1) is 5.39 Å². The van der Waals surface area contributed by atoms with Crippen molar-refractivity contribution in [3.63, 3.8) is 0 Å². The average molecular weight is 323 g/mol. The molecule has 1 aliphatic carbocycles. The first kappa shape index (κ1) is 14.6. The second-order valence-corrected chi connectivity index (χ2v) is 7.41. The molecule has 2 aromatic rings. The number of hydrogen-bond donors (Lipinski definition) is 2. The van der Waals surface area contributed by atoms with Gasteiger partial charge in [0.25, 0.3) is 0 Å².